The third kappa shape index (κ3) is 7.07. The Morgan fingerprint density at radius 2 is 2.00 bits per heavy atom. The second-order valence-corrected chi connectivity index (χ2v) is 4.11. The van der Waals surface area contributed by atoms with E-state index in [2.05, 4.69) is 19.2 Å². The van der Waals surface area contributed by atoms with Crippen molar-refractivity contribution in [1.82, 2.24) is 10.2 Å². The summed E-state index contributed by atoms with van der Waals surface area (Å²) in [4.78, 5) is 13.8. The van der Waals surface area contributed by atoms with Crippen LogP contribution < -0.4 is 5.32 Å². The van der Waals surface area contributed by atoms with Gasteiger partial charge in [0, 0.05) is 26.1 Å². The second kappa shape index (κ2) is 11.2. The average Bonchev–Trinajstić information content (AvgIpc) is 2.26. The van der Waals surface area contributed by atoms with E-state index in [1.54, 1.807) is 0 Å². The molecule has 16 heavy (non-hydrogen) atoms. The number of amides is 1. The molecule has 0 aromatic heterocycles. The van der Waals surface area contributed by atoms with Crippen molar-refractivity contribution in [2.24, 2.45) is 5.92 Å². The lowest BCUT2D eigenvalue weighted by Crippen LogP contribution is -2.36. The zero-order valence-electron chi connectivity index (χ0n) is 11.1. The van der Waals surface area contributed by atoms with E-state index in [9.17, 15) is 4.79 Å². The number of carbonyl (C=O) groups excluding carboxylic acids is 1. The average molecular weight is 251 g/mol. The van der Waals surface area contributed by atoms with Gasteiger partial charge in [0.05, 0.1) is 0 Å². The summed E-state index contributed by atoms with van der Waals surface area (Å²) in [6.07, 6.45) is 4.33. The summed E-state index contributed by atoms with van der Waals surface area (Å²) >= 11 is 0. The predicted molar refractivity (Wildman–Crippen MR) is 72.1 cm³/mol. The van der Waals surface area contributed by atoms with Crippen LogP contribution in [0.5, 0.6) is 0 Å². The Balaban J connectivity index is 0. The number of nitrogens with one attached hydrogen (secondary N) is 1. The first-order valence-electron chi connectivity index (χ1n) is 6.06. The fraction of sp³-hybridized carbons (Fsp3) is 0.917. The van der Waals surface area contributed by atoms with Crippen molar-refractivity contribution in [2.45, 2.75) is 39.5 Å². The molecule has 1 N–H and O–H groups in total. The molecule has 0 saturated heterocycles. The molecule has 3 nitrogen and oxygen atoms in total. The van der Waals surface area contributed by atoms with Crippen LogP contribution in [0.3, 0.4) is 0 Å². The molecule has 1 amide bonds. The van der Waals surface area contributed by atoms with Crippen LogP contribution in [0.4, 0.5) is 0 Å². The maximum absolute atomic E-state index is 12.0. The number of carbonyl (C=O) groups is 1. The van der Waals surface area contributed by atoms with Crippen molar-refractivity contribution in [1.29, 1.82) is 0 Å². The van der Waals surface area contributed by atoms with Gasteiger partial charge in [-0.3, -0.25) is 4.79 Å². The second-order valence-electron chi connectivity index (χ2n) is 4.11. The Morgan fingerprint density at radius 1 is 1.38 bits per heavy atom. The van der Waals surface area contributed by atoms with Crippen molar-refractivity contribution in [3.05, 3.63) is 0 Å². The summed E-state index contributed by atoms with van der Waals surface area (Å²) in [5.74, 6) is 0.535. The Bertz CT molecular complexity index is 176. The molecule has 0 heterocycles. The largest absolute Gasteiger partial charge is 0.344 e. The molecule has 0 aliphatic rings. The maximum atomic E-state index is 12.0. The van der Waals surface area contributed by atoms with Crippen LogP contribution in [0.2, 0.25) is 0 Å². The maximum Gasteiger partial charge on any atom is 0.225 e. The van der Waals surface area contributed by atoms with Crippen LogP contribution in [-0.2, 0) is 4.79 Å². The van der Waals surface area contributed by atoms with E-state index in [-0.39, 0.29) is 18.3 Å². The van der Waals surface area contributed by atoms with Gasteiger partial charge in [0.2, 0.25) is 5.91 Å². The highest BCUT2D eigenvalue weighted by Gasteiger charge is 2.18. The van der Waals surface area contributed by atoms with Gasteiger partial charge in [0.25, 0.3) is 0 Å². The van der Waals surface area contributed by atoms with Gasteiger partial charge in [-0.15, -0.1) is 12.4 Å². The van der Waals surface area contributed by atoms with Crippen LogP contribution in [0, 0.1) is 5.92 Å². The molecule has 0 radical (unpaired) electrons. The highest BCUT2D eigenvalue weighted by Crippen LogP contribution is 2.14. The lowest BCUT2D eigenvalue weighted by molar-refractivity contribution is -0.134. The molecule has 0 aliphatic heterocycles. The first-order valence-corrected chi connectivity index (χ1v) is 6.06. The Morgan fingerprint density at radius 3 is 2.44 bits per heavy atom. The summed E-state index contributed by atoms with van der Waals surface area (Å²) in [6, 6.07) is 0. The smallest absolute Gasteiger partial charge is 0.225 e. The van der Waals surface area contributed by atoms with Gasteiger partial charge in [-0.1, -0.05) is 26.7 Å². The minimum atomic E-state index is 0. The topological polar surface area (TPSA) is 32.3 Å². The molecule has 0 aromatic rings. The quantitative estimate of drug-likeness (QED) is 0.717. The predicted octanol–water partition coefficient (Wildman–Crippen LogP) is 2.30. The fourth-order valence-corrected chi connectivity index (χ4v) is 1.65. The standard InChI is InChI=1S/C12H26N2O.ClH/c1-5-7-8-11(6-2)12(15)14(4)10-9-13-3;/h11,13H,5-10H2,1-4H3;1H. The molecule has 0 spiro atoms. The zero-order chi connectivity index (χ0) is 11.7. The van der Waals surface area contributed by atoms with Crippen molar-refractivity contribution in [3.63, 3.8) is 0 Å². The van der Waals surface area contributed by atoms with E-state index in [0.717, 1.165) is 32.4 Å². The van der Waals surface area contributed by atoms with E-state index < -0.39 is 0 Å². The minimum absolute atomic E-state index is 0. The number of nitrogens with zero attached hydrogens (tertiary/aromatic N) is 1. The molecule has 0 aliphatic carbocycles. The van der Waals surface area contributed by atoms with Crippen molar-refractivity contribution >= 4 is 18.3 Å². The van der Waals surface area contributed by atoms with Crippen LogP contribution in [0.1, 0.15) is 39.5 Å². The molecular formula is C12H27ClN2O. The fourth-order valence-electron chi connectivity index (χ4n) is 1.65. The lowest BCUT2D eigenvalue weighted by Gasteiger charge is -2.22. The molecule has 4 heteroatoms. The normalized spacial score (nSPS) is 11.8. The number of unbranched alkanes of at least 4 members (excludes halogenated alkanes) is 1. The van der Waals surface area contributed by atoms with Crippen LogP contribution in [0.15, 0.2) is 0 Å². The third-order valence-corrected chi connectivity index (χ3v) is 2.82. The van der Waals surface area contributed by atoms with E-state index in [1.165, 1.54) is 6.42 Å². The van der Waals surface area contributed by atoms with Gasteiger partial charge in [0.15, 0.2) is 0 Å². The molecule has 0 fully saturated rings. The number of halogens is 1. The molecule has 1 unspecified atom stereocenters. The number of hydrogen-bond donors (Lipinski definition) is 1. The summed E-state index contributed by atoms with van der Waals surface area (Å²) in [6.45, 7) is 5.94. The van der Waals surface area contributed by atoms with E-state index >= 15 is 0 Å². The Hall–Kier alpha value is -0.280. The SMILES string of the molecule is CCCCC(CC)C(=O)N(C)CCNC.Cl. The molecule has 0 bridgehead atoms. The van der Waals surface area contributed by atoms with Crippen LogP contribution in [-0.4, -0.2) is 38.0 Å². The van der Waals surface area contributed by atoms with E-state index in [0.29, 0.717) is 5.91 Å². The third-order valence-electron chi connectivity index (χ3n) is 2.82. The first kappa shape index (κ1) is 18.1. The van der Waals surface area contributed by atoms with Gasteiger partial charge >= 0.3 is 0 Å². The zero-order valence-corrected chi connectivity index (χ0v) is 11.9. The molecule has 98 valence electrons. The number of hydrogen-bond acceptors (Lipinski definition) is 2. The highest BCUT2D eigenvalue weighted by molar-refractivity contribution is 5.85. The summed E-state index contributed by atoms with van der Waals surface area (Å²) < 4.78 is 0. The van der Waals surface area contributed by atoms with Crippen molar-refractivity contribution < 1.29 is 4.79 Å². The first-order chi connectivity index (χ1) is 7.17. The molecule has 0 aromatic carbocycles. The van der Waals surface area contributed by atoms with E-state index in [4.69, 9.17) is 0 Å². The molecular weight excluding hydrogens is 224 g/mol. The number of likely N-dealkylation sites (N-methyl/N-ethyl adjacent to an activating group) is 2. The van der Waals surface area contributed by atoms with Gasteiger partial charge in [-0.25, -0.2) is 0 Å². The summed E-state index contributed by atoms with van der Waals surface area (Å²) in [5, 5.41) is 3.06. The lowest BCUT2D eigenvalue weighted by atomic mass is 9.98. The van der Waals surface area contributed by atoms with Gasteiger partial charge in [0.1, 0.15) is 0 Å². The van der Waals surface area contributed by atoms with Gasteiger partial charge in [-0.05, 0) is 19.9 Å². The summed E-state index contributed by atoms with van der Waals surface area (Å²) in [7, 11) is 3.81. The Labute approximate surface area is 106 Å². The molecule has 1 atom stereocenters. The van der Waals surface area contributed by atoms with Crippen molar-refractivity contribution in [2.75, 3.05) is 27.2 Å². The monoisotopic (exact) mass is 250 g/mol. The van der Waals surface area contributed by atoms with Gasteiger partial charge in [-0.2, -0.15) is 0 Å². The molecule has 0 rings (SSSR count). The Kier molecular flexibility index (Phi) is 12.7. The van der Waals surface area contributed by atoms with Crippen molar-refractivity contribution in [3.8, 4) is 0 Å². The highest BCUT2D eigenvalue weighted by atomic mass is 35.5. The minimum Gasteiger partial charge on any atom is -0.344 e. The number of rotatable bonds is 8. The van der Waals surface area contributed by atoms with Crippen LogP contribution in [0.25, 0.3) is 0 Å². The summed E-state index contributed by atoms with van der Waals surface area (Å²) in [5.41, 5.74) is 0. The van der Waals surface area contributed by atoms with Crippen LogP contribution >= 0.6 is 12.4 Å². The molecule has 0 saturated carbocycles. The van der Waals surface area contributed by atoms with Gasteiger partial charge < -0.3 is 10.2 Å². The van der Waals surface area contributed by atoms with E-state index in [1.807, 2.05) is 19.0 Å².